The number of rotatable bonds is 4. The van der Waals surface area contributed by atoms with E-state index in [1.54, 1.807) is 0 Å². The van der Waals surface area contributed by atoms with Crippen LogP contribution in [-0.4, -0.2) is 36.0 Å². The summed E-state index contributed by atoms with van der Waals surface area (Å²) >= 11 is 0. The topological polar surface area (TPSA) is 32.3 Å². The molecule has 1 aromatic rings. The Labute approximate surface area is 118 Å². The Hall–Kier alpha value is -1.49. The van der Waals surface area contributed by atoms with Gasteiger partial charge in [-0.3, -0.25) is 4.79 Å². The van der Waals surface area contributed by atoms with Crippen LogP contribution in [0.4, 0.5) is 8.78 Å². The van der Waals surface area contributed by atoms with Gasteiger partial charge >= 0.3 is 0 Å². The lowest BCUT2D eigenvalue weighted by atomic mass is 10.1. The standard InChI is InChI=1S/C15H20F2N2O/c1-10(2)19(9-11-5-4-8-18-11)15(20)14-12(16)6-3-7-13(14)17/h3,6-7,10-11,18H,4-5,8-9H2,1-2H3. The van der Waals surface area contributed by atoms with Gasteiger partial charge in [0.05, 0.1) is 0 Å². The van der Waals surface area contributed by atoms with Crippen LogP contribution >= 0.6 is 0 Å². The molecule has 110 valence electrons. The fourth-order valence-corrected chi connectivity index (χ4v) is 2.52. The van der Waals surface area contributed by atoms with Crippen LogP contribution < -0.4 is 5.32 Å². The molecule has 1 amide bonds. The van der Waals surface area contributed by atoms with Crippen LogP contribution in [-0.2, 0) is 0 Å². The second-order valence-electron chi connectivity index (χ2n) is 5.44. The summed E-state index contributed by atoms with van der Waals surface area (Å²) in [5.41, 5.74) is -0.459. The van der Waals surface area contributed by atoms with Gasteiger partial charge in [0.15, 0.2) is 0 Å². The maximum Gasteiger partial charge on any atom is 0.260 e. The van der Waals surface area contributed by atoms with Gasteiger partial charge in [-0.25, -0.2) is 8.78 Å². The van der Waals surface area contributed by atoms with Crippen LogP contribution in [0.5, 0.6) is 0 Å². The van der Waals surface area contributed by atoms with E-state index in [0.717, 1.165) is 31.5 Å². The Bertz CT molecular complexity index is 465. The molecule has 1 aromatic carbocycles. The average Bonchev–Trinajstić information content (AvgIpc) is 2.88. The number of benzene rings is 1. The molecule has 1 unspecified atom stereocenters. The number of carbonyl (C=O) groups is 1. The molecule has 1 atom stereocenters. The number of hydrogen-bond acceptors (Lipinski definition) is 2. The van der Waals surface area contributed by atoms with Crippen LogP contribution in [0.1, 0.15) is 37.0 Å². The van der Waals surface area contributed by atoms with Crippen molar-refractivity contribution in [3.05, 3.63) is 35.4 Å². The summed E-state index contributed by atoms with van der Waals surface area (Å²) in [5, 5.41) is 3.30. The molecule has 1 heterocycles. The van der Waals surface area contributed by atoms with E-state index < -0.39 is 23.1 Å². The molecule has 0 aromatic heterocycles. The molecule has 2 rings (SSSR count). The van der Waals surface area contributed by atoms with Crippen molar-refractivity contribution in [2.45, 2.75) is 38.8 Å². The lowest BCUT2D eigenvalue weighted by Gasteiger charge is -2.29. The zero-order chi connectivity index (χ0) is 14.7. The van der Waals surface area contributed by atoms with Crippen molar-refractivity contribution >= 4 is 5.91 Å². The third-order valence-electron chi connectivity index (χ3n) is 3.64. The molecule has 0 radical (unpaired) electrons. The van der Waals surface area contributed by atoms with Crippen LogP contribution in [0.3, 0.4) is 0 Å². The first-order valence-corrected chi connectivity index (χ1v) is 6.99. The molecular formula is C15H20F2N2O. The van der Waals surface area contributed by atoms with Gasteiger partial charge in [-0.1, -0.05) is 6.07 Å². The number of amides is 1. The van der Waals surface area contributed by atoms with E-state index in [1.165, 1.54) is 11.0 Å². The minimum absolute atomic E-state index is 0.107. The normalized spacial score (nSPS) is 18.6. The van der Waals surface area contributed by atoms with Gasteiger partial charge in [0.25, 0.3) is 5.91 Å². The van der Waals surface area contributed by atoms with E-state index >= 15 is 0 Å². The first-order chi connectivity index (χ1) is 9.50. The van der Waals surface area contributed by atoms with Gasteiger partial charge < -0.3 is 10.2 Å². The number of nitrogens with zero attached hydrogens (tertiary/aromatic N) is 1. The molecular weight excluding hydrogens is 262 g/mol. The van der Waals surface area contributed by atoms with Gasteiger partial charge in [-0.05, 0) is 45.4 Å². The predicted octanol–water partition coefficient (Wildman–Crippen LogP) is 2.57. The third-order valence-corrected chi connectivity index (χ3v) is 3.64. The highest BCUT2D eigenvalue weighted by Crippen LogP contribution is 2.18. The lowest BCUT2D eigenvalue weighted by Crippen LogP contribution is -2.45. The van der Waals surface area contributed by atoms with E-state index in [9.17, 15) is 13.6 Å². The van der Waals surface area contributed by atoms with Crippen molar-refractivity contribution in [2.24, 2.45) is 0 Å². The molecule has 0 aliphatic carbocycles. The summed E-state index contributed by atoms with van der Waals surface area (Å²) in [6.45, 7) is 5.11. The Balaban J connectivity index is 2.22. The Morgan fingerprint density at radius 3 is 2.55 bits per heavy atom. The quantitative estimate of drug-likeness (QED) is 0.920. The maximum atomic E-state index is 13.7. The van der Waals surface area contributed by atoms with Crippen molar-refractivity contribution in [3.63, 3.8) is 0 Å². The molecule has 1 N–H and O–H groups in total. The average molecular weight is 282 g/mol. The lowest BCUT2D eigenvalue weighted by molar-refractivity contribution is 0.0679. The van der Waals surface area contributed by atoms with Crippen molar-refractivity contribution in [3.8, 4) is 0 Å². The van der Waals surface area contributed by atoms with Crippen LogP contribution in [0.25, 0.3) is 0 Å². The Kier molecular flexibility index (Phi) is 4.70. The van der Waals surface area contributed by atoms with E-state index in [1.807, 2.05) is 13.8 Å². The van der Waals surface area contributed by atoms with Crippen molar-refractivity contribution in [1.82, 2.24) is 10.2 Å². The second-order valence-corrected chi connectivity index (χ2v) is 5.44. The maximum absolute atomic E-state index is 13.7. The van der Waals surface area contributed by atoms with Crippen LogP contribution in [0, 0.1) is 11.6 Å². The first kappa shape index (κ1) is 14.9. The largest absolute Gasteiger partial charge is 0.334 e. The molecule has 1 fully saturated rings. The van der Waals surface area contributed by atoms with Crippen molar-refractivity contribution in [2.75, 3.05) is 13.1 Å². The highest BCUT2D eigenvalue weighted by molar-refractivity contribution is 5.95. The molecule has 3 nitrogen and oxygen atoms in total. The van der Waals surface area contributed by atoms with Crippen molar-refractivity contribution in [1.29, 1.82) is 0 Å². The minimum Gasteiger partial charge on any atom is -0.334 e. The fourth-order valence-electron chi connectivity index (χ4n) is 2.52. The number of hydrogen-bond donors (Lipinski definition) is 1. The highest BCUT2D eigenvalue weighted by atomic mass is 19.1. The van der Waals surface area contributed by atoms with E-state index in [-0.39, 0.29) is 12.1 Å². The van der Waals surface area contributed by atoms with Gasteiger partial charge in [-0.15, -0.1) is 0 Å². The van der Waals surface area contributed by atoms with E-state index in [0.29, 0.717) is 6.54 Å². The monoisotopic (exact) mass is 282 g/mol. The summed E-state index contributed by atoms with van der Waals surface area (Å²) in [6, 6.07) is 3.59. The number of nitrogens with one attached hydrogen (secondary N) is 1. The number of halogens is 2. The zero-order valence-corrected chi connectivity index (χ0v) is 11.8. The molecule has 0 bridgehead atoms. The smallest absolute Gasteiger partial charge is 0.260 e. The van der Waals surface area contributed by atoms with Gasteiger partial charge in [0.2, 0.25) is 0 Å². The molecule has 1 aliphatic heterocycles. The molecule has 1 aliphatic rings. The summed E-state index contributed by atoms with van der Waals surface area (Å²) in [6.07, 6.45) is 2.05. The second kappa shape index (κ2) is 6.31. The molecule has 0 saturated carbocycles. The van der Waals surface area contributed by atoms with Crippen molar-refractivity contribution < 1.29 is 13.6 Å². The van der Waals surface area contributed by atoms with Gasteiger partial charge in [0, 0.05) is 18.6 Å². The zero-order valence-electron chi connectivity index (χ0n) is 11.8. The SMILES string of the molecule is CC(C)N(CC1CCCN1)C(=O)c1c(F)cccc1F. The highest BCUT2D eigenvalue weighted by Gasteiger charge is 2.28. The van der Waals surface area contributed by atoms with E-state index in [2.05, 4.69) is 5.32 Å². The van der Waals surface area contributed by atoms with E-state index in [4.69, 9.17) is 0 Å². The molecule has 0 spiro atoms. The molecule has 5 heteroatoms. The van der Waals surface area contributed by atoms with Gasteiger partial charge in [0.1, 0.15) is 17.2 Å². The van der Waals surface area contributed by atoms with Crippen LogP contribution in [0.2, 0.25) is 0 Å². The molecule has 20 heavy (non-hydrogen) atoms. The Morgan fingerprint density at radius 1 is 1.40 bits per heavy atom. The van der Waals surface area contributed by atoms with Gasteiger partial charge in [-0.2, -0.15) is 0 Å². The fraction of sp³-hybridized carbons (Fsp3) is 0.533. The predicted molar refractivity (Wildman–Crippen MR) is 73.6 cm³/mol. The van der Waals surface area contributed by atoms with Crippen LogP contribution in [0.15, 0.2) is 18.2 Å². The summed E-state index contributed by atoms with van der Waals surface area (Å²) in [4.78, 5) is 14.0. The summed E-state index contributed by atoms with van der Waals surface area (Å²) in [7, 11) is 0. The summed E-state index contributed by atoms with van der Waals surface area (Å²) < 4.78 is 27.5. The molecule has 1 saturated heterocycles. The summed E-state index contributed by atoms with van der Waals surface area (Å²) in [5.74, 6) is -2.19. The number of carbonyl (C=O) groups excluding carboxylic acids is 1. The third kappa shape index (κ3) is 3.15. The Morgan fingerprint density at radius 2 is 2.05 bits per heavy atom. The first-order valence-electron chi connectivity index (χ1n) is 6.99. The minimum atomic E-state index is -0.806.